The van der Waals surface area contributed by atoms with Gasteiger partial charge in [-0.3, -0.25) is 0 Å². The zero-order chi connectivity index (χ0) is 15.5. The smallest absolute Gasteiger partial charge is 0.134 e. The van der Waals surface area contributed by atoms with Crippen molar-refractivity contribution in [2.24, 2.45) is 0 Å². The number of hydrogen-bond donors (Lipinski definition) is 1. The van der Waals surface area contributed by atoms with Crippen molar-refractivity contribution in [3.8, 4) is 11.3 Å². The molecule has 2 nitrogen and oxygen atoms in total. The maximum atomic E-state index is 5.91. The van der Waals surface area contributed by atoms with Crippen LogP contribution in [-0.2, 0) is 6.54 Å². The van der Waals surface area contributed by atoms with E-state index in [0.717, 1.165) is 27.8 Å². The van der Waals surface area contributed by atoms with Crippen molar-refractivity contribution in [2.45, 2.75) is 20.4 Å². The van der Waals surface area contributed by atoms with Crippen LogP contribution in [-0.4, -0.2) is 0 Å². The SMILES string of the molecule is Cc1ccc(NCc2ccc(-c3ccc(Cl)cc3)o2)c(C)c1. The summed E-state index contributed by atoms with van der Waals surface area (Å²) in [6, 6.07) is 18.0. The van der Waals surface area contributed by atoms with Gasteiger partial charge in [-0.05, 0) is 61.9 Å². The molecule has 1 heterocycles. The maximum Gasteiger partial charge on any atom is 0.134 e. The third-order valence-electron chi connectivity index (χ3n) is 3.63. The fourth-order valence-electron chi connectivity index (χ4n) is 2.44. The van der Waals surface area contributed by atoms with Gasteiger partial charge in [0, 0.05) is 16.3 Å². The van der Waals surface area contributed by atoms with Gasteiger partial charge < -0.3 is 9.73 Å². The molecule has 3 aromatic rings. The summed E-state index contributed by atoms with van der Waals surface area (Å²) in [7, 11) is 0. The highest BCUT2D eigenvalue weighted by molar-refractivity contribution is 6.30. The number of benzene rings is 2. The van der Waals surface area contributed by atoms with Gasteiger partial charge in [0.15, 0.2) is 0 Å². The van der Waals surface area contributed by atoms with Gasteiger partial charge >= 0.3 is 0 Å². The number of aryl methyl sites for hydroxylation is 2. The molecule has 0 aliphatic rings. The van der Waals surface area contributed by atoms with Crippen LogP contribution in [0.4, 0.5) is 5.69 Å². The predicted molar refractivity (Wildman–Crippen MR) is 92.4 cm³/mol. The zero-order valence-electron chi connectivity index (χ0n) is 12.7. The molecule has 22 heavy (non-hydrogen) atoms. The first-order chi connectivity index (χ1) is 10.6. The molecule has 0 saturated heterocycles. The van der Waals surface area contributed by atoms with Crippen LogP contribution in [0.2, 0.25) is 5.02 Å². The van der Waals surface area contributed by atoms with Crippen molar-refractivity contribution < 1.29 is 4.42 Å². The first-order valence-corrected chi connectivity index (χ1v) is 7.65. The molecule has 0 amide bonds. The molecule has 0 fully saturated rings. The summed E-state index contributed by atoms with van der Waals surface area (Å²) in [5.74, 6) is 1.76. The van der Waals surface area contributed by atoms with Gasteiger partial charge in [0.05, 0.1) is 6.54 Å². The highest BCUT2D eigenvalue weighted by atomic mass is 35.5. The minimum Gasteiger partial charge on any atom is -0.459 e. The lowest BCUT2D eigenvalue weighted by Crippen LogP contribution is -2.00. The lowest BCUT2D eigenvalue weighted by atomic mass is 10.1. The van der Waals surface area contributed by atoms with Gasteiger partial charge in [0.25, 0.3) is 0 Å². The third-order valence-corrected chi connectivity index (χ3v) is 3.88. The van der Waals surface area contributed by atoms with Crippen molar-refractivity contribution in [2.75, 3.05) is 5.32 Å². The number of hydrogen-bond acceptors (Lipinski definition) is 2. The van der Waals surface area contributed by atoms with Gasteiger partial charge in [-0.15, -0.1) is 0 Å². The van der Waals surface area contributed by atoms with E-state index in [0.29, 0.717) is 6.54 Å². The quantitative estimate of drug-likeness (QED) is 0.656. The van der Waals surface area contributed by atoms with Crippen LogP contribution in [0.1, 0.15) is 16.9 Å². The van der Waals surface area contributed by atoms with E-state index in [4.69, 9.17) is 16.0 Å². The average Bonchev–Trinajstić information content (AvgIpc) is 2.96. The van der Waals surface area contributed by atoms with Crippen LogP contribution in [0.3, 0.4) is 0 Å². The summed E-state index contributed by atoms with van der Waals surface area (Å²) in [4.78, 5) is 0. The molecule has 112 valence electrons. The highest BCUT2D eigenvalue weighted by Crippen LogP contribution is 2.24. The van der Waals surface area contributed by atoms with E-state index in [9.17, 15) is 0 Å². The van der Waals surface area contributed by atoms with Crippen LogP contribution in [0, 0.1) is 13.8 Å². The topological polar surface area (TPSA) is 25.2 Å². The van der Waals surface area contributed by atoms with E-state index in [2.05, 4.69) is 37.4 Å². The van der Waals surface area contributed by atoms with Crippen LogP contribution >= 0.6 is 11.6 Å². The standard InChI is InChI=1S/C19H18ClNO/c1-13-3-9-18(14(2)11-13)21-12-17-8-10-19(22-17)15-4-6-16(20)7-5-15/h3-11,21H,12H2,1-2H3. The van der Waals surface area contributed by atoms with Gasteiger partial charge in [-0.25, -0.2) is 0 Å². The molecule has 0 saturated carbocycles. The molecule has 0 spiro atoms. The molecule has 1 aromatic heterocycles. The molecule has 0 bridgehead atoms. The minimum absolute atomic E-state index is 0.664. The van der Waals surface area contributed by atoms with E-state index < -0.39 is 0 Å². The van der Waals surface area contributed by atoms with Gasteiger partial charge in [0.1, 0.15) is 11.5 Å². The summed E-state index contributed by atoms with van der Waals surface area (Å²) in [6.45, 7) is 4.87. The Kier molecular flexibility index (Phi) is 4.21. The summed E-state index contributed by atoms with van der Waals surface area (Å²) < 4.78 is 5.89. The lowest BCUT2D eigenvalue weighted by Gasteiger charge is -2.08. The largest absolute Gasteiger partial charge is 0.459 e. The third kappa shape index (κ3) is 3.34. The Labute approximate surface area is 135 Å². The minimum atomic E-state index is 0.664. The second kappa shape index (κ2) is 6.29. The molecule has 0 aliphatic heterocycles. The van der Waals surface area contributed by atoms with E-state index in [1.807, 2.05) is 36.4 Å². The zero-order valence-corrected chi connectivity index (χ0v) is 13.4. The number of anilines is 1. The Morgan fingerprint density at radius 1 is 0.955 bits per heavy atom. The summed E-state index contributed by atoms with van der Waals surface area (Å²) >= 11 is 5.91. The number of halogens is 1. The Morgan fingerprint density at radius 3 is 2.45 bits per heavy atom. The molecule has 0 atom stereocenters. The second-order valence-corrected chi connectivity index (χ2v) is 5.88. The molecule has 0 unspecified atom stereocenters. The van der Waals surface area contributed by atoms with E-state index in [1.54, 1.807) is 0 Å². The molecule has 0 aliphatic carbocycles. The average molecular weight is 312 g/mol. The van der Waals surface area contributed by atoms with E-state index >= 15 is 0 Å². The van der Waals surface area contributed by atoms with E-state index in [1.165, 1.54) is 11.1 Å². The first kappa shape index (κ1) is 14.7. The molecular formula is C19H18ClNO. The molecule has 0 radical (unpaired) electrons. The van der Waals surface area contributed by atoms with Crippen LogP contribution < -0.4 is 5.32 Å². The second-order valence-electron chi connectivity index (χ2n) is 5.44. The molecule has 2 aromatic carbocycles. The Morgan fingerprint density at radius 2 is 1.73 bits per heavy atom. The molecule has 3 heteroatoms. The number of furan rings is 1. The van der Waals surface area contributed by atoms with Gasteiger partial charge in [-0.1, -0.05) is 29.3 Å². The monoisotopic (exact) mass is 311 g/mol. The first-order valence-electron chi connectivity index (χ1n) is 7.27. The van der Waals surface area contributed by atoms with E-state index in [-0.39, 0.29) is 0 Å². The summed E-state index contributed by atoms with van der Waals surface area (Å²) in [6.07, 6.45) is 0. The lowest BCUT2D eigenvalue weighted by molar-refractivity contribution is 0.531. The normalized spacial score (nSPS) is 10.7. The van der Waals surface area contributed by atoms with Crippen LogP contribution in [0.25, 0.3) is 11.3 Å². The molecule has 1 N–H and O–H groups in total. The Balaban J connectivity index is 1.70. The number of rotatable bonds is 4. The summed E-state index contributed by atoms with van der Waals surface area (Å²) in [5.41, 5.74) is 4.67. The van der Waals surface area contributed by atoms with Crippen molar-refractivity contribution in [3.63, 3.8) is 0 Å². The summed E-state index contributed by atoms with van der Waals surface area (Å²) in [5, 5.41) is 4.14. The van der Waals surface area contributed by atoms with Gasteiger partial charge in [0.2, 0.25) is 0 Å². The molecular weight excluding hydrogens is 294 g/mol. The molecule has 3 rings (SSSR count). The van der Waals surface area contributed by atoms with Crippen molar-refractivity contribution in [1.29, 1.82) is 0 Å². The van der Waals surface area contributed by atoms with Crippen LogP contribution in [0.15, 0.2) is 59.0 Å². The van der Waals surface area contributed by atoms with Crippen molar-refractivity contribution in [3.05, 3.63) is 76.5 Å². The fraction of sp³-hybridized carbons (Fsp3) is 0.158. The highest BCUT2D eigenvalue weighted by Gasteiger charge is 2.05. The maximum absolute atomic E-state index is 5.91. The van der Waals surface area contributed by atoms with Crippen molar-refractivity contribution >= 4 is 17.3 Å². The predicted octanol–water partition coefficient (Wildman–Crippen LogP) is 5.83. The van der Waals surface area contributed by atoms with Gasteiger partial charge in [-0.2, -0.15) is 0 Å². The van der Waals surface area contributed by atoms with Crippen molar-refractivity contribution in [1.82, 2.24) is 0 Å². The fourth-order valence-corrected chi connectivity index (χ4v) is 2.56. The number of nitrogens with one attached hydrogen (secondary N) is 1. The Bertz CT molecular complexity index is 774. The Hall–Kier alpha value is -2.19. The van der Waals surface area contributed by atoms with Crippen LogP contribution in [0.5, 0.6) is 0 Å².